The molecular weight excluding hydrogens is 269 g/mol. The number of benzene rings is 1. The van der Waals surface area contributed by atoms with E-state index in [2.05, 4.69) is 5.32 Å². The summed E-state index contributed by atoms with van der Waals surface area (Å²) in [6.07, 6.45) is 2.96. The number of nitrogens with one attached hydrogen (secondary N) is 1. The Hall–Kier alpha value is -0.970. The van der Waals surface area contributed by atoms with E-state index in [1.807, 2.05) is 19.2 Å². The molecule has 3 nitrogen and oxygen atoms in total. The zero-order valence-corrected chi connectivity index (χ0v) is 12.8. The Morgan fingerprint density at radius 2 is 2.24 bits per heavy atom. The Kier molecular flexibility index (Phi) is 4.29. The van der Waals surface area contributed by atoms with E-state index in [-0.39, 0.29) is 17.5 Å². The second kappa shape index (κ2) is 6.03. The number of hydrogen-bond acceptors (Lipinski definition) is 3. The summed E-state index contributed by atoms with van der Waals surface area (Å²) >= 11 is 0. The maximum atomic E-state index is 13.9. The largest absolute Gasteiger partial charge is 0.378 e. The molecule has 1 aromatic carbocycles. The van der Waals surface area contributed by atoms with Gasteiger partial charge >= 0.3 is 0 Å². The molecule has 2 heterocycles. The fraction of sp³-hybridized carbons (Fsp3) is 0.647. The molecule has 3 unspecified atom stereocenters. The number of halogens is 1. The molecule has 0 amide bonds. The first-order valence-corrected chi connectivity index (χ1v) is 7.79. The van der Waals surface area contributed by atoms with E-state index in [9.17, 15) is 4.39 Å². The maximum Gasteiger partial charge on any atom is 0.126 e. The summed E-state index contributed by atoms with van der Waals surface area (Å²) in [6.45, 7) is 4.05. The normalized spacial score (nSPS) is 30.7. The first-order valence-electron chi connectivity index (χ1n) is 7.79. The minimum atomic E-state index is -0.126. The molecule has 2 saturated heterocycles. The van der Waals surface area contributed by atoms with Gasteiger partial charge in [-0.1, -0.05) is 12.1 Å². The minimum absolute atomic E-state index is 0.110. The average Bonchev–Trinajstić information content (AvgIpc) is 2.91. The summed E-state index contributed by atoms with van der Waals surface area (Å²) in [5, 5.41) is 3.38. The van der Waals surface area contributed by atoms with E-state index in [1.54, 1.807) is 13.0 Å². The predicted molar refractivity (Wildman–Crippen MR) is 79.8 cm³/mol. The van der Waals surface area contributed by atoms with Crippen molar-refractivity contribution >= 4 is 0 Å². The van der Waals surface area contributed by atoms with Crippen molar-refractivity contribution in [1.82, 2.24) is 5.32 Å². The molecule has 0 bridgehead atoms. The van der Waals surface area contributed by atoms with Crippen molar-refractivity contribution in [2.24, 2.45) is 5.92 Å². The van der Waals surface area contributed by atoms with Gasteiger partial charge in [-0.15, -0.1) is 0 Å². The number of aryl methyl sites for hydroxylation is 1. The Bertz CT molecular complexity index is 500. The number of hydrogen-bond donors (Lipinski definition) is 1. The fourth-order valence-corrected chi connectivity index (χ4v) is 3.69. The molecule has 1 spiro atoms. The third-order valence-electron chi connectivity index (χ3n) is 4.94. The van der Waals surface area contributed by atoms with Gasteiger partial charge in [0, 0.05) is 25.7 Å². The first-order chi connectivity index (χ1) is 10.1. The van der Waals surface area contributed by atoms with Crippen LogP contribution in [0, 0.1) is 18.7 Å². The van der Waals surface area contributed by atoms with Gasteiger partial charge in [-0.05, 0) is 49.9 Å². The van der Waals surface area contributed by atoms with Gasteiger partial charge < -0.3 is 14.8 Å². The van der Waals surface area contributed by atoms with Crippen LogP contribution in [-0.4, -0.2) is 32.5 Å². The lowest BCUT2D eigenvalue weighted by Gasteiger charge is -2.40. The van der Waals surface area contributed by atoms with Crippen molar-refractivity contribution in [3.05, 3.63) is 35.1 Å². The van der Waals surface area contributed by atoms with Crippen molar-refractivity contribution in [3.8, 4) is 0 Å². The smallest absolute Gasteiger partial charge is 0.126 e. The van der Waals surface area contributed by atoms with Crippen molar-refractivity contribution in [1.29, 1.82) is 0 Å². The molecule has 1 N–H and O–H groups in total. The van der Waals surface area contributed by atoms with E-state index in [0.29, 0.717) is 18.1 Å². The van der Waals surface area contributed by atoms with Gasteiger partial charge in [0.25, 0.3) is 0 Å². The highest BCUT2D eigenvalue weighted by atomic mass is 19.1. The molecule has 2 fully saturated rings. The Morgan fingerprint density at radius 1 is 1.38 bits per heavy atom. The minimum Gasteiger partial charge on any atom is -0.378 e. The zero-order valence-electron chi connectivity index (χ0n) is 12.8. The van der Waals surface area contributed by atoms with Crippen LogP contribution in [0.1, 0.15) is 36.4 Å². The van der Waals surface area contributed by atoms with Crippen LogP contribution in [-0.2, 0) is 9.47 Å². The van der Waals surface area contributed by atoms with E-state index in [0.717, 1.165) is 38.0 Å². The molecular formula is C17H24FNO2. The summed E-state index contributed by atoms with van der Waals surface area (Å²) in [5.74, 6) is 0.325. The Labute approximate surface area is 125 Å². The van der Waals surface area contributed by atoms with Gasteiger partial charge in [-0.3, -0.25) is 0 Å². The molecule has 0 aromatic heterocycles. The van der Waals surface area contributed by atoms with Gasteiger partial charge in [0.15, 0.2) is 0 Å². The highest BCUT2D eigenvalue weighted by Gasteiger charge is 2.43. The molecule has 2 aliphatic rings. The van der Waals surface area contributed by atoms with Gasteiger partial charge in [-0.2, -0.15) is 0 Å². The number of ether oxygens (including phenoxy) is 2. The van der Waals surface area contributed by atoms with Crippen molar-refractivity contribution in [2.75, 3.05) is 26.9 Å². The van der Waals surface area contributed by atoms with E-state index < -0.39 is 0 Å². The first kappa shape index (κ1) is 14.9. The van der Waals surface area contributed by atoms with Gasteiger partial charge in [0.1, 0.15) is 5.82 Å². The summed E-state index contributed by atoms with van der Waals surface area (Å²) in [4.78, 5) is 0. The molecule has 3 atom stereocenters. The average molecular weight is 293 g/mol. The fourth-order valence-electron chi connectivity index (χ4n) is 3.69. The number of rotatable bonds is 3. The molecule has 116 valence electrons. The summed E-state index contributed by atoms with van der Waals surface area (Å²) in [5.41, 5.74) is 1.61. The van der Waals surface area contributed by atoms with Crippen LogP contribution in [0.3, 0.4) is 0 Å². The van der Waals surface area contributed by atoms with Crippen LogP contribution in [0.25, 0.3) is 0 Å². The highest BCUT2D eigenvalue weighted by molar-refractivity contribution is 5.26. The summed E-state index contributed by atoms with van der Waals surface area (Å²) in [7, 11) is 1.95. The molecule has 21 heavy (non-hydrogen) atoms. The zero-order chi connectivity index (χ0) is 14.9. The van der Waals surface area contributed by atoms with Gasteiger partial charge in [0.2, 0.25) is 0 Å². The molecule has 4 heteroatoms. The topological polar surface area (TPSA) is 30.5 Å². The second-order valence-electron chi connectivity index (χ2n) is 6.36. The van der Waals surface area contributed by atoms with E-state index in [1.165, 1.54) is 0 Å². The Morgan fingerprint density at radius 3 is 2.90 bits per heavy atom. The molecule has 0 aliphatic carbocycles. The summed E-state index contributed by atoms with van der Waals surface area (Å²) in [6, 6.07) is 5.74. The molecule has 3 rings (SSSR count). The summed E-state index contributed by atoms with van der Waals surface area (Å²) < 4.78 is 25.4. The Balaban J connectivity index is 1.80. The monoisotopic (exact) mass is 293 g/mol. The molecule has 0 saturated carbocycles. The SMILES string of the molecule is CNC(c1ccc(C)c(F)c1)C1CCOC2(CCOC2)C1. The van der Waals surface area contributed by atoms with Crippen LogP contribution in [0.2, 0.25) is 0 Å². The van der Waals surface area contributed by atoms with Crippen LogP contribution in [0.15, 0.2) is 18.2 Å². The van der Waals surface area contributed by atoms with Crippen LogP contribution in [0.5, 0.6) is 0 Å². The lowest BCUT2D eigenvalue weighted by molar-refractivity contribution is -0.103. The quantitative estimate of drug-likeness (QED) is 0.929. The predicted octanol–water partition coefficient (Wildman–Crippen LogP) is 2.98. The van der Waals surface area contributed by atoms with Crippen molar-refractivity contribution in [3.63, 3.8) is 0 Å². The standard InChI is InChI=1S/C17H24FNO2/c1-12-3-4-13(9-15(12)18)16(19-2)14-5-7-21-17(10-14)6-8-20-11-17/h3-4,9,14,16,19H,5-8,10-11H2,1-2H3. The van der Waals surface area contributed by atoms with Crippen LogP contribution >= 0.6 is 0 Å². The van der Waals surface area contributed by atoms with Crippen molar-refractivity contribution in [2.45, 2.75) is 37.8 Å². The van der Waals surface area contributed by atoms with Crippen LogP contribution < -0.4 is 5.32 Å². The molecule has 2 aliphatic heterocycles. The van der Waals surface area contributed by atoms with Crippen LogP contribution in [0.4, 0.5) is 4.39 Å². The van der Waals surface area contributed by atoms with E-state index in [4.69, 9.17) is 9.47 Å². The third kappa shape index (κ3) is 2.98. The lowest BCUT2D eigenvalue weighted by atomic mass is 9.79. The van der Waals surface area contributed by atoms with E-state index >= 15 is 0 Å². The molecule has 1 aromatic rings. The third-order valence-corrected chi connectivity index (χ3v) is 4.94. The van der Waals surface area contributed by atoms with Crippen molar-refractivity contribution < 1.29 is 13.9 Å². The van der Waals surface area contributed by atoms with Gasteiger partial charge in [-0.25, -0.2) is 4.39 Å². The maximum absolute atomic E-state index is 13.9. The van der Waals surface area contributed by atoms with Gasteiger partial charge in [0.05, 0.1) is 12.2 Å². The second-order valence-corrected chi connectivity index (χ2v) is 6.36. The lowest BCUT2D eigenvalue weighted by Crippen LogP contribution is -2.43. The highest BCUT2D eigenvalue weighted by Crippen LogP contribution is 2.41. The molecule has 0 radical (unpaired) electrons.